The van der Waals surface area contributed by atoms with E-state index in [0.29, 0.717) is 16.5 Å². The van der Waals surface area contributed by atoms with Crippen LogP contribution in [0.25, 0.3) is 6.08 Å². The second-order valence-corrected chi connectivity index (χ2v) is 7.04. The van der Waals surface area contributed by atoms with E-state index < -0.39 is 0 Å². The predicted octanol–water partition coefficient (Wildman–Crippen LogP) is 3.13. The van der Waals surface area contributed by atoms with Gasteiger partial charge in [0.05, 0.1) is 11.8 Å². The summed E-state index contributed by atoms with van der Waals surface area (Å²) in [4.78, 5) is 13.4. The molecule has 0 spiro atoms. The zero-order chi connectivity index (χ0) is 16.4. The van der Waals surface area contributed by atoms with Gasteiger partial charge in [-0.15, -0.1) is 11.3 Å². The van der Waals surface area contributed by atoms with E-state index in [2.05, 4.69) is 23.4 Å². The summed E-state index contributed by atoms with van der Waals surface area (Å²) in [5.41, 5.74) is 2.63. The number of carbonyl (C=O) groups is 1. The SMILES string of the molecule is C[C@H]1CCc2c(sc(NC(=O)/C=C\c3cnn(C)c3)c2C#N)C1. The summed E-state index contributed by atoms with van der Waals surface area (Å²) < 4.78 is 1.68. The largest absolute Gasteiger partial charge is 0.313 e. The van der Waals surface area contributed by atoms with Gasteiger partial charge in [-0.2, -0.15) is 10.4 Å². The highest BCUT2D eigenvalue weighted by Gasteiger charge is 2.24. The first-order valence-corrected chi connectivity index (χ1v) is 8.41. The van der Waals surface area contributed by atoms with Crippen LogP contribution >= 0.6 is 11.3 Å². The van der Waals surface area contributed by atoms with E-state index >= 15 is 0 Å². The Balaban J connectivity index is 1.76. The Morgan fingerprint density at radius 1 is 1.61 bits per heavy atom. The Bertz CT molecular complexity index is 809. The molecule has 1 aliphatic carbocycles. The zero-order valence-corrected chi connectivity index (χ0v) is 14.0. The summed E-state index contributed by atoms with van der Waals surface area (Å²) in [6.45, 7) is 2.23. The molecule has 2 heterocycles. The van der Waals surface area contributed by atoms with Gasteiger partial charge in [0.1, 0.15) is 11.1 Å². The van der Waals surface area contributed by atoms with Crippen molar-refractivity contribution in [2.45, 2.75) is 26.2 Å². The Kier molecular flexibility index (Phi) is 4.30. The van der Waals surface area contributed by atoms with Crippen LogP contribution in [0.5, 0.6) is 0 Å². The van der Waals surface area contributed by atoms with Crippen molar-refractivity contribution in [1.29, 1.82) is 5.26 Å². The maximum absolute atomic E-state index is 12.1. The smallest absolute Gasteiger partial charge is 0.249 e. The highest BCUT2D eigenvalue weighted by molar-refractivity contribution is 7.16. The van der Waals surface area contributed by atoms with Crippen LogP contribution < -0.4 is 5.32 Å². The second kappa shape index (κ2) is 6.39. The summed E-state index contributed by atoms with van der Waals surface area (Å²) in [5.74, 6) is 0.415. The van der Waals surface area contributed by atoms with Crippen molar-refractivity contribution < 1.29 is 4.79 Å². The summed E-state index contributed by atoms with van der Waals surface area (Å²) in [5, 5.41) is 17.0. The van der Waals surface area contributed by atoms with Crippen molar-refractivity contribution in [3.8, 4) is 6.07 Å². The lowest BCUT2D eigenvalue weighted by molar-refractivity contribution is -0.111. The first-order valence-electron chi connectivity index (χ1n) is 7.59. The third kappa shape index (κ3) is 3.35. The van der Waals surface area contributed by atoms with E-state index in [-0.39, 0.29) is 5.91 Å². The summed E-state index contributed by atoms with van der Waals surface area (Å²) in [6.07, 6.45) is 9.73. The topological polar surface area (TPSA) is 70.7 Å². The maximum atomic E-state index is 12.1. The molecule has 0 aliphatic heterocycles. The fraction of sp³-hybridized carbons (Fsp3) is 0.353. The summed E-state index contributed by atoms with van der Waals surface area (Å²) >= 11 is 1.54. The van der Waals surface area contributed by atoms with Gasteiger partial charge in [-0.3, -0.25) is 9.48 Å². The van der Waals surface area contributed by atoms with Gasteiger partial charge in [0.2, 0.25) is 5.91 Å². The lowest BCUT2D eigenvalue weighted by Crippen LogP contribution is -2.10. The predicted molar refractivity (Wildman–Crippen MR) is 91.1 cm³/mol. The number of hydrogen-bond acceptors (Lipinski definition) is 4. The standard InChI is InChI=1S/C17H18N4OS/c1-11-3-5-13-14(8-18)17(23-15(13)7-11)20-16(22)6-4-12-9-19-21(2)10-12/h4,6,9-11H,3,5,7H2,1-2H3,(H,20,22)/b6-4-/t11-/m0/s1. The number of hydrogen-bond donors (Lipinski definition) is 1. The monoisotopic (exact) mass is 326 g/mol. The molecular formula is C17H18N4OS. The minimum atomic E-state index is -0.225. The summed E-state index contributed by atoms with van der Waals surface area (Å²) in [7, 11) is 1.83. The molecule has 1 atom stereocenters. The molecule has 3 rings (SSSR count). The van der Waals surface area contributed by atoms with Gasteiger partial charge in [0, 0.05) is 29.8 Å². The molecule has 0 unspecified atom stereocenters. The number of nitrogens with one attached hydrogen (secondary N) is 1. The number of nitrogens with zero attached hydrogens (tertiary/aromatic N) is 3. The zero-order valence-electron chi connectivity index (χ0n) is 13.2. The molecule has 1 amide bonds. The molecule has 5 nitrogen and oxygen atoms in total. The van der Waals surface area contributed by atoms with Gasteiger partial charge in [-0.25, -0.2) is 0 Å². The van der Waals surface area contributed by atoms with E-state index in [1.807, 2.05) is 13.2 Å². The van der Waals surface area contributed by atoms with E-state index in [9.17, 15) is 10.1 Å². The van der Waals surface area contributed by atoms with Crippen LogP contribution in [-0.4, -0.2) is 15.7 Å². The Morgan fingerprint density at radius 2 is 2.43 bits per heavy atom. The lowest BCUT2D eigenvalue weighted by Gasteiger charge is -2.17. The third-order valence-corrected chi connectivity index (χ3v) is 5.18. The van der Waals surface area contributed by atoms with Crippen molar-refractivity contribution in [3.05, 3.63) is 40.0 Å². The van der Waals surface area contributed by atoms with Gasteiger partial charge in [-0.1, -0.05) is 6.92 Å². The van der Waals surface area contributed by atoms with Crippen molar-refractivity contribution in [2.75, 3.05) is 5.32 Å². The van der Waals surface area contributed by atoms with Crippen LogP contribution in [0.1, 0.15) is 34.9 Å². The molecule has 0 saturated heterocycles. The van der Waals surface area contributed by atoms with E-state index in [4.69, 9.17) is 0 Å². The minimum Gasteiger partial charge on any atom is -0.313 e. The van der Waals surface area contributed by atoms with Gasteiger partial charge >= 0.3 is 0 Å². The van der Waals surface area contributed by atoms with Gasteiger partial charge in [-0.05, 0) is 36.8 Å². The fourth-order valence-electron chi connectivity index (χ4n) is 2.81. The van der Waals surface area contributed by atoms with Crippen molar-refractivity contribution in [3.63, 3.8) is 0 Å². The Hall–Kier alpha value is -2.39. The average Bonchev–Trinajstić information content (AvgIpc) is 3.07. The van der Waals surface area contributed by atoms with Gasteiger partial charge in [0.25, 0.3) is 0 Å². The lowest BCUT2D eigenvalue weighted by atomic mass is 9.89. The number of nitriles is 1. The van der Waals surface area contributed by atoms with Crippen LogP contribution in [0.3, 0.4) is 0 Å². The normalized spacial score (nSPS) is 17.0. The Labute approximate surface area is 139 Å². The highest BCUT2D eigenvalue weighted by atomic mass is 32.1. The average molecular weight is 326 g/mol. The molecule has 118 valence electrons. The molecule has 0 bridgehead atoms. The number of amides is 1. The van der Waals surface area contributed by atoms with Crippen LogP contribution in [0.2, 0.25) is 0 Å². The number of aryl methyl sites for hydroxylation is 1. The first kappa shape index (κ1) is 15.5. The van der Waals surface area contributed by atoms with Crippen molar-refractivity contribution in [2.24, 2.45) is 13.0 Å². The van der Waals surface area contributed by atoms with E-state index in [0.717, 1.165) is 30.4 Å². The Morgan fingerprint density at radius 3 is 3.13 bits per heavy atom. The van der Waals surface area contributed by atoms with Gasteiger partial charge in [0.15, 0.2) is 0 Å². The number of rotatable bonds is 3. The first-order chi connectivity index (χ1) is 11.1. The highest BCUT2D eigenvalue weighted by Crippen LogP contribution is 2.39. The van der Waals surface area contributed by atoms with Crippen LogP contribution in [0, 0.1) is 17.2 Å². The molecular weight excluding hydrogens is 308 g/mol. The summed E-state index contributed by atoms with van der Waals surface area (Å²) in [6, 6.07) is 2.26. The van der Waals surface area contributed by atoms with Crippen LogP contribution in [0.15, 0.2) is 18.5 Å². The number of fused-ring (bicyclic) bond motifs is 1. The molecule has 1 aliphatic rings. The molecule has 2 aromatic rings. The minimum absolute atomic E-state index is 0.225. The van der Waals surface area contributed by atoms with Crippen molar-refractivity contribution >= 4 is 28.3 Å². The number of anilines is 1. The third-order valence-electron chi connectivity index (χ3n) is 4.01. The van der Waals surface area contributed by atoms with Crippen LogP contribution in [-0.2, 0) is 24.7 Å². The molecule has 23 heavy (non-hydrogen) atoms. The number of carbonyl (C=O) groups excluding carboxylic acids is 1. The van der Waals surface area contributed by atoms with E-state index in [1.54, 1.807) is 17.0 Å². The van der Waals surface area contributed by atoms with Crippen LogP contribution in [0.4, 0.5) is 5.00 Å². The molecule has 1 N–H and O–H groups in total. The maximum Gasteiger partial charge on any atom is 0.249 e. The molecule has 0 saturated carbocycles. The molecule has 0 radical (unpaired) electrons. The van der Waals surface area contributed by atoms with Gasteiger partial charge < -0.3 is 5.32 Å². The molecule has 2 aromatic heterocycles. The van der Waals surface area contributed by atoms with E-state index in [1.165, 1.54) is 22.3 Å². The number of aromatic nitrogens is 2. The van der Waals surface area contributed by atoms with Crippen molar-refractivity contribution in [1.82, 2.24) is 9.78 Å². The second-order valence-electron chi connectivity index (χ2n) is 5.94. The molecule has 0 aromatic carbocycles. The number of thiophene rings is 1. The molecule has 0 fully saturated rings. The molecule has 6 heteroatoms. The quantitative estimate of drug-likeness (QED) is 0.881. The fourth-order valence-corrected chi connectivity index (χ4v) is 4.17.